The number of anilines is 1. The van der Waals surface area contributed by atoms with Crippen molar-refractivity contribution in [1.29, 1.82) is 0 Å². The summed E-state index contributed by atoms with van der Waals surface area (Å²) in [6.07, 6.45) is 0. The molecule has 202 valence electrons. The lowest BCUT2D eigenvalue weighted by atomic mass is 10.1. The summed E-state index contributed by atoms with van der Waals surface area (Å²) in [7, 11) is -4.30. The predicted molar refractivity (Wildman–Crippen MR) is 142 cm³/mol. The van der Waals surface area contributed by atoms with Gasteiger partial charge >= 0.3 is 0 Å². The standard InChI is InChI=1S/C28H31F2N3O4S/c1-20(2)17-31-28(35)21(3)32(18-22-9-7-8-12-26(22)30)27(34)19-33(24-10-5-4-6-11-24)38(36,37)25-15-13-23(29)14-16-25/h4-16,20-21H,17-19H2,1-3H3,(H,31,35)/t21-/m1/s1. The highest BCUT2D eigenvalue weighted by molar-refractivity contribution is 7.92. The number of hydrogen-bond donors (Lipinski definition) is 1. The third kappa shape index (κ3) is 7.16. The lowest BCUT2D eigenvalue weighted by Gasteiger charge is -2.32. The fourth-order valence-corrected chi connectivity index (χ4v) is 5.12. The number of halogens is 2. The van der Waals surface area contributed by atoms with Gasteiger partial charge in [-0.3, -0.25) is 13.9 Å². The number of nitrogens with one attached hydrogen (secondary N) is 1. The SMILES string of the molecule is CC(C)CNC(=O)[C@@H](C)N(Cc1ccccc1F)C(=O)CN(c1ccccc1)S(=O)(=O)c1ccc(F)cc1. The zero-order valence-corrected chi connectivity index (χ0v) is 22.3. The van der Waals surface area contributed by atoms with Crippen molar-refractivity contribution in [2.24, 2.45) is 5.92 Å². The van der Waals surface area contributed by atoms with Crippen LogP contribution in [0.2, 0.25) is 0 Å². The Morgan fingerprint density at radius 2 is 1.47 bits per heavy atom. The Morgan fingerprint density at radius 1 is 0.868 bits per heavy atom. The van der Waals surface area contributed by atoms with Gasteiger partial charge in [0.1, 0.15) is 24.2 Å². The van der Waals surface area contributed by atoms with E-state index in [4.69, 9.17) is 0 Å². The molecular formula is C28H31F2N3O4S. The first kappa shape index (κ1) is 28.8. The van der Waals surface area contributed by atoms with Gasteiger partial charge in [-0.25, -0.2) is 17.2 Å². The highest BCUT2D eigenvalue weighted by Gasteiger charge is 2.32. The normalized spacial score (nSPS) is 12.2. The van der Waals surface area contributed by atoms with E-state index in [-0.39, 0.29) is 28.6 Å². The fraction of sp³-hybridized carbons (Fsp3) is 0.286. The van der Waals surface area contributed by atoms with E-state index >= 15 is 0 Å². The number of para-hydroxylation sites is 1. The maximum atomic E-state index is 14.5. The maximum absolute atomic E-state index is 14.5. The third-order valence-corrected chi connectivity index (χ3v) is 7.66. The van der Waals surface area contributed by atoms with Gasteiger partial charge < -0.3 is 10.2 Å². The zero-order valence-electron chi connectivity index (χ0n) is 21.5. The van der Waals surface area contributed by atoms with Crippen molar-refractivity contribution in [2.45, 2.75) is 38.3 Å². The van der Waals surface area contributed by atoms with Crippen LogP contribution in [0.4, 0.5) is 14.5 Å². The van der Waals surface area contributed by atoms with Crippen molar-refractivity contribution in [2.75, 3.05) is 17.4 Å². The molecule has 0 fully saturated rings. The summed E-state index contributed by atoms with van der Waals surface area (Å²) in [6.45, 7) is 4.81. The molecule has 0 heterocycles. The van der Waals surface area contributed by atoms with Crippen molar-refractivity contribution >= 4 is 27.5 Å². The van der Waals surface area contributed by atoms with Gasteiger partial charge in [-0.05, 0) is 55.3 Å². The smallest absolute Gasteiger partial charge is 0.264 e. The van der Waals surface area contributed by atoms with Crippen LogP contribution in [0.1, 0.15) is 26.3 Å². The average molecular weight is 544 g/mol. The number of carbonyl (C=O) groups excluding carboxylic acids is 2. The van der Waals surface area contributed by atoms with Crippen LogP contribution in [0, 0.1) is 17.6 Å². The maximum Gasteiger partial charge on any atom is 0.264 e. The number of hydrogen-bond acceptors (Lipinski definition) is 4. The van der Waals surface area contributed by atoms with Gasteiger partial charge in [-0.1, -0.05) is 50.2 Å². The van der Waals surface area contributed by atoms with Crippen LogP contribution in [0.5, 0.6) is 0 Å². The summed E-state index contributed by atoms with van der Waals surface area (Å²) in [5.74, 6) is -2.16. The molecule has 10 heteroatoms. The van der Waals surface area contributed by atoms with E-state index in [9.17, 15) is 26.8 Å². The average Bonchev–Trinajstić information content (AvgIpc) is 2.90. The molecule has 0 spiro atoms. The van der Waals surface area contributed by atoms with E-state index in [1.54, 1.807) is 24.3 Å². The molecule has 0 aromatic heterocycles. The van der Waals surface area contributed by atoms with E-state index in [1.807, 2.05) is 13.8 Å². The summed E-state index contributed by atoms with van der Waals surface area (Å²) in [6, 6.07) is 17.1. The molecule has 3 aromatic carbocycles. The van der Waals surface area contributed by atoms with E-state index in [0.717, 1.165) is 33.5 Å². The molecular weight excluding hydrogens is 512 g/mol. The molecule has 0 aliphatic rings. The molecule has 3 rings (SSSR count). The van der Waals surface area contributed by atoms with Crippen LogP contribution in [0.25, 0.3) is 0 Å². The lowest BCUT2D eigenvalue weighted by molar-refractivity contribution is -0.139. The van der Waals surface area contributed by atoms with Gasteiger partial charge in [0.15, 0.2) is 0 Å². The predicted octanol–water partition coefficient (Wildman–Crippen LogP) is 4.35. The molecule has 0 radical (unpaired) electrons. The highest BCUT2D eigenvalue weighted by atomic mass is 32.2. The molecule has 2 amide bonds. The van der Waals surface area contributed by atoms with Gasteiger partial charge in [0.05, 0.1) is 10.6 Å². The lowest BCUT2D eigenvalue weighted by Crippen LogP contribution is -2.51. The van der Waals surface area contributed by atoms with Crippen LogP contribution in [-0.2, 0) is 26.2 Å². The van der Waals surface area contributed by atoms with Crippen molar-refractivity contribution < 1.29 is 26.8 Å². The second-order valence-electron chi connectivity index (χ2n) is 9.23. The van der Waals surface area contributed by atoms with Gasteiger partial charge in [-0.15, -0.1) is 0 Å². The molecule has 0 unspecified atom stereocenters. The van der Waals surface area contributed by atoms with Crippen LogP contribution in [0.15, 0.2) is 83.8 Å². The second-order valence-corrected chi connectivity index (χ2v) is 11.1. The van der Waals surface area contributed by atoms with Crippen molar-refractivity contribution in [3.8, 4) is 0 Å². The Morgan fingerprint density at radius 3 is 2.08 bits per heavy atom. The minimum Gasteiger partial charge on any atom is -0.354 e. The minimum absolute atomic E-state index is 0.163. The molecule has 0 saturated heterocycles. The summed E-state index contributed by atoms with van der Waals surface area (Å²) >= 11 is 0. The summed E-state index contributed by atoms with van der Waals surface area (Å²) < 4.78 is 56.1. The molecule has 7 nitrogen and oxygen atoms in total. The zero-order chi connectivity index (χ0) is 27.9. The first-order valence-corrected chi connectivity index (χ1v) is 13.6. The Bertz CT molecular complexity index is 1350. The van der Waals surface area contributed by atoms with Gasteiger partial charge in [0.2, 0.25) is 11.8 Å². The molecule has 1 N–H and O–H groups in total. The molecule has 1 atom stereocenters. The Kier molecular flexibility index (Phi) is 9.57. The molecule has 0 aliphatic heterocycles. The van der Waals surface area contributed by atoms with Gasteiger partial charge in [-0.2, -0.15) is 0 Å². The van der Waals surface area contributed by atoms with Crippen LogP contribution in [-0.4, -0.2) is 44.3 Å². The summed E-state index contributed by atoms with van der Waals surface area (Å²) in [4.78, 5) is 27.6. The number of sulfonamides is 1. The molecule has 38 heavy (non-hydrogen) atoms. The van der Waals surface area contributed by atoms with Crippen molar-refractivity contribution in [3.63, 3.8) is 0 Å². The van der Waals surface area contributed by atoms with E-state index in [2.05, 4.69) is 5.32 Å². The number of amides is 2. The number of nitrogens with zero attached hydrogens (tertiary/aromatic N) is 2. The van der Waals surface area contributed by atoms with E-state index < -0.39 is 46.1 Å². The molecule has 0 bridgehead atoms. The fourth-order valence-electron chi connectivity index (χ4n) is 3.70. The van der Waals surface area contributed by atoms with Crippen molar-refractivity contribution in [1.82, 2.24) is 10.2 Å². The Labute approximate surface area is 222 Å². The summed E-state index contributed by atoms with van der Waals surface area (Å²) in [5, 5.41) is 2.77. The number of rotatable bonds is 11. The molecule has 0 aliphatic carbocycles. The Hall–Kier alpha value is -3.79. The minimum atomic E-state index is -4.30. The number of benzene rings is 3. The van der Waals surface area contributed by atoms with E-state index in [0.29, 0.717) is 6.54 Å². The third-order valence-electron chi connectivity index (χ3n) is 5.88. The second kappa shape index (κ2) is 12.6. The molecule has 3 aromatic rings. The van der Waals surface area contributed by atoms with Crippen LogP contribution >= 0.6 is 0 Å². The topological polar surface area (TPSA) is 86.8 Å². The quantitative estimate of drug-likeness (QED) is 0.390. The monoisotopic (exact) mass is 543 g/mol. The largest absolute Gasteiger partial charge is 0.354 e. The highest BCUT2D eigenvalue weighted by Crippen LogP contribution is 2.25. The van der Waals surface area contributed by atoms with Crippen molar-refractivity contribution in [3.05, 3.63) is 96.1 Å². The Balaban J connectivity index is 1.99. The summed E-state index contributed by atoms with van der Waals surface area (Å²) in [5.41, 5.74) is 0.380. The first-order chi connectivity index (χ1) is 18.0. The number of carbonyl (C=O) groups is 2. The van der Waals surface area contributed by atoms with Gasteiger partial charge in [0, 0.05) is 18.7 Å². The first-order valence-electron chi connectivity index (χ1n) is 12.1. The van der Waals surface area contributed by atoms with Gasteiger partial charge in [0.25, 0.3) is 10.0 Å². The van der Waals surface area contributed by atoms with E-state index in [1.165, 1.54) is 37.3 Å². The van der Waals surface area contributed by atoms with Crippen LogP contribution in [0.3, 0.4) is 0 Å². The molecule has 0 saturated carbocycles. The van der Waals surface area contributed by atoms with Crippen LogP contribution < -0.4 is 9.62 Å².